The first-order chi connectivity index (χ1) is 39.0. The molecule has 0 saturated carbocycles. The summed E-state index contributed by atoms with van der Waals surface area (Å²) in [6, 6.07) is 0.117. The van der Waals surface area contributed by atoms with Crippen molar-refractivity contribution in [3.05, 3.63) is 67.3 Å². The van der Waals surface area contributed by atoms with Gasteiger partial charge in [0.1, 0.15) is 55.9 Å². The number of amides is 7. The minimum Gasteiger partial charge on any atom is -0.508 e. The first-order valence-electron chi connectivity index (χ1n) is 26.7. The number of hydrogen-bond donors (Lipinski definition) is 15. The zero-order valence-corrected chi connectivity index (χ0v) is 49.6. The molecule has 4 aromatic rings. The molecule has 1 unspecified atom stereocenters. The van der Waals surface area contributed by atoms with Crippen LogP contribution in [0.5, 0.6) is 5.75 Å². The van der Waals surface area contributed by atoms with Gasteiger partial charge < -0.3 is 81.4 Å². The molecule has 4 rings (SSSR count). The number of nitrogens with two attached hydrogens (primary N) is 5. The van der Waals surface area contributed by atoms with Crippen LogP contribution < -0.4 is 71.2 Å². The summed E-state index contributed by atoms with van der Waals surface area (Å²) in [5, 5.41) is 47.2. The van der Waals surface area contributed by atoms with Gasteiger partial charge in [-0.05, 0) is 96.4 Å². The number of carbonyl (C=O) groups excluding carboxylic acids is 7. The molecule has 0 bridgehead atoms. The third-order valence-corrected chi connectivity index (χ3v) is 15.7. The number of phenolic OH excluding ortho intramolecular Hbond substituents is 1. The molecule has 8 atom stereocenters. The van der Waals surface area contributed by atoms with Crippen LogP contribution in [0.4, 0.5) is 5.82 Å². The Kier molecular flexibility index (Phi) is 29.0. The van der Waals surface area contributed by atoms with E-state index in [9.17, 15) is 48.0 Å². The molecule has 452 valence electrons. The van der Waals surface area contributed by atoms with Crippen LogP contribution in [0.2, 0.25) is 4.34 Å². The van der Waals surface area contributed by atoms with Crippen LogP contribution in [0.25, 0.3) is 10.7 Å². The van der Waals surface area contributed by atoms with E-state index in [0.29, 0.717) is 38.7 Å². The van der Waals surface area contributed by atoms with E-state index in [-0.39, 0.29) is 78.4 Å². The van der Waals surface area contributed by atoms with Crippen LogP contribution >= 0.6 is 34.3 Å². The Morgan fingerprint density at radius 2 is 1.48 bits per heavy atom. The van der Waals surface area contributed by atoms with Crippen LogP contribution in [0.15, 0.2) is 29.6 Å². The molecule has 0 radical (unpaired) electrons. The molecule has 0 aliphatic heterocycles. The smallest absolute Gasteiger partial charge is 0.271 e. The average Bonchev–Trinajstić information content (AvgIpc) is 4.23. The highest BCUT2D eigenvalue weighted by atomic mass is 35.5. The van der Waals surface area contributed by atoms with Crippen molar-refractivity contribution in [1.29, 1.82) is 0 Å². The lowest BCUT2D eigenvalue weighted by Crippen LogP contribution is -2.55. The summed E-state index contributed by atoms with van der Waals surface area (Å²) in [6.07, 6.45) is 3.37. The number of rotatable bonds is 38. The number of halogens is 1. The fourth-order valence-corrected chi connectivity index (χ4v) is 10.5. The van der Waals surface area contributed by atoms with E-state index in [2.05, 4.69) is 62.5 Å². The number of nitrogens with one attached hydrogen (secondary N) is 8. The number of anilines is 1. The van der Waals surface area contributed by atoms with Gasteiger partial charge in [-0.2, -0.15) is 0 Å². The van der Waals surface area contributed by atoms with Gasteiger partial charge in [0.25, 0.3) is 11.8 Å². The number of benzene rings is 1. The summed E-state index contributed by atoms with van der Waals surface area (Å²) in [7, 11) is -1.42. The molecule has 7 amide bonds. The number of aliphatic hydroxyl groups excluding tert-OH is 1. The fourth-order valence-electron chi connectivity index (χ4n) is 7.88. The van der Waals surface area contributed by atoms with Crippen molar-refractivity contribution in [1.82, 2.24) is 62.5 Å². The van der Waals surface area contributed by atoms with Gasteiger partial charge in [-0.15, -0.1) is 22.7 Å². The molecule has 0 spiro atoms. The third-order valence-electron chi connectivity index (χ3n) is 12.8. The van der Waals surface area contributed by atoms with Gasteiger partial charge in [0.2, 0.25) is 29.5 Å². The summed E-state index contributed by atoms with van der Waals surface area (Å²) >= 11 is 9.02. The monoisotopic (exact) mass is 1220 g/mol. The fraction of sp³-hybridized carbons (Fsp3) is 0.549. The largest absolute Gasteiger partial charge is 0.508 e. The Morgan fingerprint density at radius 1 is 0.805 bits per heavy atom. The number of nitrogen functional groups attached to an aromatic ring is 1. The highest BCUT2D eigenvalue weighted by molar-refractivity contribution is 7.84. The van der Waals surface area contributed by atoms with Crippen LogP contribution in [-0.2, 0) is 47.6 Å². The Balaban J connectivity index is 1.36. The number of aromatic nitrogens is 4. The number of aliphatic hydroxyl groups is 1. The summed E-state index contributed by atoms with van der Waals surface area (Å²) in [5.41, 5.74) is 29.2. The Morgan fingerprint density at radius 3 is 2.12 bits per heavy atom. The average molecular weight is 1220 g/mol. The van der Waals surface area contributed by atoms with E-state index in [1.807, 2.05) is 0 Å². The number of nitrogens with zero attached hydrogens (tertiary/aromatic N) is 4. The van der Waals surface area contributed by atoms with E-state index in [1.165, 1.54) is 61.8 Å². The number of primary amides is 2. The lowest BCUT2D eigenvalue weighted by molar-refractivity contribution is -0.134. The van der Waals surface area contributed by atoms with Crippen molar-refractivity contribution in [2.75, 3.05) is 70.1 Å². The quantitative estimate of drug-likeness (QED) is 0.0227. The molecular formula is C51H78ClN17O10S3. The first-order valence-corrected chi connectivity index (χ1v) is 30.5. The number of phenols is 1. The second-order valence-corrected chi connectivity index (χ2v) is 23.5. The summed E-state index contributed by atoms with van der Waals surface area (Å²) < 4.78 is 12.6. The molecule has 82 heavy (non-hydrogen) atoms. The third kappa shape index (κ3) is 22.8. The predicted molar refractivity (Wildman–Crippen MR) is 315 cm³/mol. The number of unbranched alkanes of at least 4 members (excludes halogenated alkanes) is 1. The molecular weight excluding hydrogens is 1140 g/mol. The van der Waals surface area contributed by atoms with E-state index >= 15 is 0 Å². The van der Waals surface area contributed by atoms with Crippen molar-refractivity contribution < 1.29 is 48.0 Å². The summed E-state index contributed by atoms with van der Waals surface area (Å²) in [6.45, 7) is 8.83. The molecule has 0 saturated heterocycles. The maximum atomic E-state index is 13.9. The molecule has 0 aliphatic carbocycles. The van der Waals surface area contributed by atoms with Crippen LogP contribution in [0, 0.1) is 12.8 Å². The van der Waals surface area contributed by atoms with Gasteiger partial charge in [0, 0.05) is 72.6 Å². The number of hydrogen-bond acceptors (Lipinski definition) is 22. The lowest BCUT2D eigenvalue weighted by Gasteiger charge is -2.28. The second kappa shape index (κ2) is 34.9. The zero-order valence-electron chi connectivity index (χ0n) is 46.4. The van der Waals surface area contributed by atoms with Crippen LogP contribution in [-0.4, -0.2) is 170 Å². The molecule has 3 aromatic heterocycles. The second-order valence-electron chi connectivity index (χ2n) is 19.4. The standard InChI is InChI=1S/C51H78ClN17O10S3/c1-27-39(68-45(69-43(27)56)34(24-37(55)71)62-25-32(54)44(57)73)50(78)64-33(14-22-82(4)79)49(77)63-29(3)41(72)28(2)46(74)65-35(23-30-9-11-31(70)12-10-30)47(75)61-21-13-38-67-40(42(52)81-38)51-66-36(26-80-51)48(76)60-20-8-19-59-17-6-5-16-58-18-7-15-53/h9-12,26,28-29,32-35,41,58-59,62,70,72H,5-8,13-25,53-54H2,1-4H3,(H2,55,71)(H2,57,73)(H,60,76)(H,61,75)(H,63,77)(H,64,78)(H,65,74)(H2,56,68,69)/t28-,29+,32-,33-,34-,35-,41-,82?/m0/s1. The van der Waals surface area contributed by atoms with Crippen molar-refractivity contribution in [2.45, 2.75) is 108 Å². The predicted octanol–water partition coefficient (Wildman–Crippen LogP) is -1.49. The molecule has 20 N–H and O–H groups in total. The number of aromatic hydroxyl groups is 1. The lowest BCUT2D eigenvalue weighted by atomic mass is 9.96. The summed E-state index contributed by atoms with van der Waals surface area (Å²) in [4.78, 5) is 110. The summed E-state index contributed by atoms with van der Waals surface area (Å²) in [5.74, 6) is -6.60. The minimum absolute atomic E-state index is 0.0132. The van der Waals surface area contributed by atoms with Gasteiger partial charge in [0.05, 0.1) is 35.2 Å². The highest BCUT2D eigenvalue weighted by Crippen LogP contribution is 2.34. The SMILES string of the molecule is Cc1c(N)nc([C@H](CC(N)=O)NC[C@H](N)C(N)=O)nc1C(=O)N[C@@H](CCS(C)=O)C(=O)N[C@H](C)[C@@H](O)[C@H](C)C(=O)N[C@@H](Cc1ccc(O)cc1)C(=O)NCCc1nc(-c2nc(C(=O)NCCCNCCCCNCCCN)cs2)c(Cl)s1. The number of carbonyl (C=O) groups is 7. The van der Waals surface area contributed by atoms with E-state index in [0.717, 1.165) is 51.9 Å². The Labute approximate surface area is 491 Å². The maximum Gasteiger partial charge on any atom is 0.271 e. The zero-order chi connectivity index (χ0) is 60.5. The van der Waals surface area contributed by atoms with E-state index in [4.69, 9.17) is 40.3 Å². The molecule has 0 aliphatic rings. The molecule has 31 heteroatoms. The highest BCUT2D eigenvalue weighted by Gasteiger charge is 2.34. The Bertz CT molecular complexity index is 2790. The van der Waals surface area contributed by atoms with Crippen molar-refractivity contribution in [3.63, 3.8) is 0 Å². The van der Waals surface area contributed by atoms with Crippen LogP contribution in [0.1, 0.15) is 101 Å². The van der Waals surface area contributed by atoms with Gasteiger partial charge >= 0.3 is 0 Å². The normalized spacial score (nSPS) is 14.3. The van der Waals surface area contributed by atoms with Gasteiger partial charge in [-0.25, -0.2) is 19.9 Å². The topological polar surface area (TPSA) is 455 Å². The molecule has 0 fully saturated rings. The van der Waals surface area contributed by atoms with Crippen molar-refractivity contribution in [2.24, 2.45) is 28.9 Å². The minimum atomic E-state index is -1.55. The van der Waals surface area contributed by atoms with Crippen molar-refractivity contribution >= 4 is 92.2 Å². The van der Waals surface area contributed by atoms with Gasteiger partial charge in [0.15, 0.2) is 0 Å². The molecule has 27 nitrogen and oxygen atoms in total. The van der Waals surface area contributed by atoms with E-state index in [1.54, 1.807) is 17.5 Å². The van der Waals surface area contributed by atoms with Gasteiger partial charge in [-0.1, -0.05) is 30.7 Å². The maximum absolute atomic E-state index is 13.9. The van der Waals surface area contributed by atoms with Crippen LogP contribution in [0.3, 0.4) is 0 Å². The molecule has 3 heterocycles. The van der Waals surface area contributed by atoms with E-state index < -0.39 is 94.9 Å². The number of thiazole rings is 2. The molecule has 1 aromatic carbocycles. The Hall–Kier alpha value is -6.35. The van der Waals surface area contributed by atoms with Crippen molar-refractivity contribution in [3.8, 4) is 16.5 Å². The van der Waals surface area contributed by atoms with Gasteiger partial charge in [-0.3, -0.25) is 37.8 Å². The first kappa shape index (κ1) is 68.2.